The molecule has 1 atom stereocenters. The van der Waals surface area contributed by atoms with E-state index in [1.807, 2.05) is 0 Å². The van der Waals surface area contributed by atoms with Crippen LogP contribution in [0, 0.1) is 0 Å². The molecule has 0 aliphatic heterocycles. The molecule has 0 aromatic heterocycles. The van der Waals surface area contributed by atoms with Crippen molar-refractivity contribution in [3.05, 3.63) is 29.8 Å². The quantitative estimate of drug-likeness (QED) is 0.527. The number of hydrogen-bond donors (Lipinski definition) is 1. The number of unbranched alkanes of at least 4 members (excludes halogenated alkanes) is 2. The standard InChI is InChI=1S/C19H33NO/c1-4-7-10-18(9-6-3)20-16-17-11-13-19(14-12-17)21-15-8-5-2/h11-14,18,20H,4-10,15-16H2,1-3H3. The predicted molar refractivity (Wildman–Crippen MR) is 91.9 cm³/mol. The summed E-state index contributed by atoms with van der Waals surface area (Å²) >= 11 is 0. The molecule has 120 valence electrons. The minimum absolute atomic E-state index is 0.662. The van der Waals surface area contributed by atoms with E-state index in [0.717, 1.165) is 25.3 Å². The first-order valence-corrected chi connectivity index (χ1v) is 8.75. The van der Waals surface area contributed by atoms with E-state index in [0.29, 0.717) is 6.04 Å². The van der Waals surface area contributed by atoms with Crippen LogP contribution in [0.15, 0.2) is 24.3 Å². The van der Waals surface area contributed by atoms with Crippen LogP contribution in [0.4, 0.5) is 0 Å². The highest BCUT2D eigenvalue weighted by Gasteiger charge is 2.06. The van der Waals surface area contributed by atoms with Crippen molar-refractivity contribution in [3.8, 4) is 5.75 Å². The molecule has 0 aliphatic rings. The molecule has 2 nitrogen and oxygen atoms in total. The van der Waals surface area contributed by atoms with Crippen LogP contribution in [0.3, 0.4) is 0 Å². The van der Waals surface area contributed by atoms with E-state index < -0.39 is 0 Å². The Bertz CT molecular complexity index is 347. The van der Waals surface area contributed by atoms with Crippen LogP contribution < -0.4 is 10.1 Å². The number of nitrogens with one attached hydrogen (secondary N) is 1. The summed E-state index contributed by atoms with van der Waals surface area (Å²) in [4.78, 5) is 0. The maximum Gasteiger partial charge on any atom is 0.119 e. The molecule has 0 heterocycles. The van der Waals surface area contributed by atoms with Crippen molar-refractivity contribution in [2.75, 3.05) is 6.61 Å². The lowest BCUT2D eigenvalue weighted by Crippen LogP contribution is -2.28. The van der Waals surface area contributed by atoms with Gasteiger partial charge >= 0.3 is 0 Å². The number of rotatable bonds is 12. The highest BCUT2D eigenvalue weighted by atomic mass is 16.5. The fourth-order valence-electron chi connectivity index (χ4n) is 2.45. The second-order valence-corrected chi connectivity index (χ2v) is 5.85. The molecule has 0 spiro atoms. The minimum Gasteiger partial charge on any atom is -0.494 e. The lowest BCUT2D eigenvalue weighted by Gasteiger charge is -2.18. The van der Waals surface area contributed by atoms with E-state index in [9.17, 15) is 0 Å². The molecule has 21 heavy (non-hydrogen) atoms. The van der Waals surface area contributed by atoms with Gasteiger partial charge < -0.3 is 10.1 Å². The third-order valence-corrected chi connectivity index (χ3v) is 3.83. The van der Waals surface area contributed by atoms with Gasteiger partial charge in [0.25, 0.3) is 0 Å². The van der Waals surface area contributed by atoms with Crippen LogP contribution in [0.25, 0.3) is 0 Å². The van der Waals surface area contributed by atoms with Gasteiger partial charge in [0.2, 0.25) is 0 Å². The molecule has 1 aromatic rings. The SMILES string of the molecule is CCCCOc1ccc(CNC(CCC)CCCC)cc1. The van der Waals surface area contributed by atoms with Crippen molar-refractivity contribution < 1.29 is 4.74 Å². The van der Waals surface area contributed by atoms with Gasteiger partial charge in [-0.25, -0.2) is 0 Å². The molecular weight excluding hydrogens is 258 g/mol. The van der Waals surface area contributed by atoms with Crippen molar-refractivity contribution in [1.29, 1.82) is 0 Å². The van der Waals surface area contributed by atoms with Gasteiger partial charge in [0, 0.05) is 12.6 Å². The van der Waals surface area contributed by atoms with E-state index >= 15 is 0 Å². The van der Waals surface area contributed by atoms with Gasteiger partial charge in [0.1, 0.15) is 5.75 Å². The highest BCUT2D eigenvalue weighted by molar-refractivity contribution is 5.27. The Morgan fingerprint density at radius 3 is 2.24 bits per heavy atom. The molecule has 0 amide bonds. The fourth-order valence-corrected chi connectivity index (χ4v) is 2.45. The molecule has 0 radical (unpaired) electrons. The first-order valence-electron chi connectivity index (χ1n) is 8.75. The molecule has 2 heteroatoms. The number of ether oxygens (including phenoxy) is 1. The van der Waals surface area contributed by atoms with Crippen LogP contribution >= 0.6 is 0 Å². The van der Waals surface area contributed by atoms with Crippen molar-refractivity contribution in [3.63, 3.8) is 0 Å². The molecule has 1 aromatic carbocycles. The normalized spacial score (nSPS) is 12.3. The molecule has 1 unspecified atom stereocenters. The Labute approximate surface area is 131 Å². The average Bonchev–Trinajstić information content (AvgIpc) is 2.51. The van der Waals surface area contributed by atoms with E-state index in [-0.39, 0.29) is 0 Å². The van der Waals surface area contributed by atoms with Crippen LogP contribution in [0.1, 0.15) is 71.3 Å². The first kappa shape index (κ1) is 18.0. The van der Waals surface area contributed by atoms with Crippen LogP contribution in [-0.2, 0) is 6.54 Å². The summed E-state index contributed by atoms with van der Waals surface area (Å²) in [6.07, 6.45) is 8.73. The summed E-state index contributed by atoms with van der Waals surface area (Å²) in [5.74, 6) is 0.989. The van der Waals surface area contributed by atoms with Crippen molar-refractivity contribution >= 4 is 0 Å². The van der Waals surface area contributed by atoms with E-state index in [2.05, 4.69) is 50.4 Å². The number of hydrogen-bond acceptors (Lipinski definition) is 2. The summed E-state index contributed by atoms with van der Waals surface area (Å²) in [5, 5.41) is 3.70. The van der Waals surface area contributed by atoms with Gasteiger partial charge in [-0.05, 0) is 37.0 Å². The second kappa shape index (κ2) is 11.6. The molecule has 0 bridgehead atoms. The van der Waals surface area contributed by atoms with Crippen molar-refractivity contribution in [1.82, 2.24) is 5.32 Å². The Hall–Kier alpha value is -1.02. The summed E-state index contributed by atoms with van der Waals surface area (Å²) < 4.78 is 5.70. The highest BCUT2D eigenvalue weighted by Crippen LogP contribution is 2.14. The van der Waals surface area contributed by atoms with Crippen LogP contribution in [0.2, 0.25) is 0 Å². The van der Waals surface area contributed by atoms with Gasteiger partial charge in [-0.3, -0.25) is 0 Å². The minimum atomic E-state index is 0.662. The summed E-state index contributed by atoms with van der Waals surface area (Å²) in [6, 6.07) is 9.20. The predicted octanol–water partition coefficient (Wildman–Crippen LogP) is 5.31. The maximum atomic E-state index is 5.70. The van der Waals surface area contributed by atoms with Crippen LogP contribution in [-0.4, -0.2) is 12.6 Å². The van der Waals surface area contributed by atoms with Crippen LogP contribution in [0.5, 0.6) is 5.75 Å². The Balaban J connectivity index is 2.35. The van der Waals surface area contributed by atoms with Gasteiger partial charge in [-0.1, -0.05) is 58.6 Å². The third-order valence-electron chi connectivity index (χ3n) is 3.83. The Kier molecular flexibility index (Phi) is 9.98. The molecular formula is C19H33NO. The largest absolute Gasteiger partial charge is 0.494 e. The van der Waals surface area contributed by atoms with Gasteiger partial charge in [0.05, 0.1) is 6.61 Å². The fraction of sp³-hybridized carbons (Fsp3) is 0.684. The molecule has 0 aliphatic carbocycles. The topological polar surface area (TPSA) is 21.3 Å². The van der Waals surface area contributed by atoms with Crippen molar-refractivity contribution in [2.24, 2.45) is 0 Å². The second-order valence-electron chi connectivity index (χ2n) is 5.85. The monoisotopic (exact) mass is 291 g/mol. The molecule has 0 fully saturated rings. The van der Waals surface area contributed by atoms with Gasteiger partial charge in [-0.15, -0.1) is 0 Å². The summed E-state index contributed by atoms with van der Waals surface area (Å²) in [7, 11) is 0. The Morgan fingerprint density at radius 2 is 1.62 bits per heavy atom. The van der Waals surface area contributed by atoms with Crippen molar-refractivity contribution in [2.45, 2.75) is 78.3 Å². The number of benzene rings is 1. The zero-order valence-corrected chi connectivity index (χ0v) is 14.2. The average molecular weight is 291 g/mol. The van der Waals surface area contributed by atoms with Gasteiger partial charge in [0.15, 0.2) is 0 Å². The van der Waals surface area contributed by atoms with E-state index in [1.165, 1.54) is 44.1 Å². The molecule has 1 rings (SSSR count). The maximum absolute atomic E-state index is 5.70. The lowest BCUT2D eigenvalue weighted by atomic mass is 10.0. The lowest BCUT2D eigenvalue weighted by molar-refractivity contribution is 0.309. The zero-order chi connectivity index (χ0) is 15.3. The van der Waals surface area contributed by atoms with Gasteiger partial charge in [-0.2, -0.15) is 0 Å². The Morgan fingerprint density at radius 1 is 0.905 bits per heavy atom. The zero-order valence-electron chi connectivity index (χ0n) is 14.2. The third kappa shape index (κ3) is 8.11. The molecule has 0 saturated heterocycles. The van der Waals surface area contributed by atoms with E-state index in [4.69, 9.17) is 4.74 Å². The molecule has 0 saturated carbocycles. The van der Waals surface area contributed by atoms with E-state index in [1.54, 1.807) is 0 Å². The summed E-state index contributed by atoms with van der Waals surface area (Å²) in [5.41, 5.74) is 1.34. The molecule has 1 N–H and O–H groups in total. The smallest absolute Gasteiger partial charge is 0.119 e. The first-order chi connectivity index (χ1) is 10.3. The summed E-state index contributed by atoms with van der Waals surface area (Å²) in [6.45, 7) is 8.50.